The predicted molar refractivity (Wildman–Crippen MR) is 141 cm³/mol. The number of rotatable bonds is 6. The minimum atomic E-state index is -1.76. The van der Waals surface area contributed by atoms with Gasteiger partial charge in [-0.05, 0) is 57.3 Å². The van der Waals surface area contributed by atoms with Crippen LogP contribution in [0.5, 0.6) is 0 Å². The minimum Gasteiger partial charge on any atom is -0.454 e. The SMILES string of the molecule is O=C(OC1C(OC2CC3C(O)CC(O)CC3OC2C2CCC(O)C(O)C2)OC(CO)C(O)C1O)C1CC(O)C(O)C(O)C1. The average molecular weight is 623 g/mol. The van der Waals surface area contributed by atoms with Gasteiger partial charge in [0.15, 0.2) is 12.4 Å². The number of hydrogen-bond acceptors (Lipinski definition) is 15. The first kappa shape index (κ1) is 33.3. The molecule has 43 heavy (non-hydrogen) atoms. The number of carbonyl (C=O) groups excluding carboxylic acids is 1. The van der Waals surface area contributed by atoms with Gasteiger partial charge in [-0.15, -0.1) is 0 Å². The largest absolute Gasteiger partial charge is 0.454 e. The van der Waals surface area contributed by atoms with E-state index in [1.807, 2.05) is 0 Å². The smallest absolute Gasteiger partial charge is 0.309 e. The number of carbonyl (C=O) groups is 1. The van der Waals surface area contributed by atoms with Gasteiger partial charge < -0.3 is 70.0 Å². The van der Waals surface area contributed by atoms with Crippen LogP contribution in [0.2, 0.25) is 0 Å². The molecular weight excluding hydrogens is 576 g/mol. The molecule has 0 amide bonds. The fraction of sp³-hybridized carbons (Fsp3) is 0.964. The molecule has 2 saturated heterocycles. The molecule has 0 aromatic rings. The summed E-state index contributed by atoms with van der Waals surface area (Å²) in [5, 5.41) is 103. The Bertz CT molecular complexity index is 928. The molecule has 16 atom stereocenters. The zero-order valence-corrected chi connectivity index (χ0v) is 23.8. The first-order valence-electron chi connectivity index (χ1n) is 15.3. The Morgan fingerprint density at radius 3 is 2.05 bits per heavy atom. The molecule has 5 rings (SSSR count). The van der Waals surface area contributed by atoms with Crippen molar-refractivity contribution in [1.29, 1.82) is 0 Å². The molecule has 0 spiro atoms. The van der Waals surface area contributed by atoms with Crippen molar-refractivity contribution in [2.75, 3.05) is 6.61 Å². The fourth-order valence-electron chi connectivity index (χ4n) is 7.51. The van der Waals surface area contributed by atoms with Gasteiger partial charge in [0.1, 0.15) is 24.4 Å². The molecule has 15 heteroatoms. The molecule has 5 aliphatic rings. The summed E-state index contributed by atoms with van der Waals surface area (Å²) >= 11 is 0. The lowest BCUT2D eigenvalue weighted by Gasteiger charge is -2.51. The van der Waals surface area contributed by atoms with E-state index in [0.717, 1.165) is 0 Å². The molecule has 0 bridgehead atoms. The molecule has 2 aliphatic heterocycles. The zero-order chi connectivity index (χ0) is 31.2. The van der Waals surface area contributed by atoms with E-state index in [4.69, 9.17) is 18.9 Å². The number of fused-ring (bicyclic) bond motifs is 1. The Morgan fingerprint density at radius 1 is 0.698 bits per heavy atom. The highest BCUT2D eigenvalue weighted by Gasteiger charge is 2.53. The summed E-state index contributed by atoms with van der Waals surface area (Å²) in [7, 11) is 0. The maximum absolute atomic E-state index is 13.1. The van der Waals surface area contributed by atoms with Crippen LogP contribution in [0.15, 0.2) is 0 Å². The first-order valence-corrected chi connectivity index (χ1v) is 15.3. The molecule has 0 radical (unpaired) electrons. The van der Waals surface area contributed by atoms with E-state index in [2.05, 4.69) is 0 Å². The van der Waals surface area contributed by atoms with Crippen LogP contribution in [0.1, 0.15) is 51.4 Å². The monoisotopic (exact) mass is 622 g/mol. The van der Waals surface area contributed by atoms with Gasteiger partial charge in [-0.2, -0.15) is 0 Å². The lowest BCUT2D eigenvalue weighted by atomic mass is 9.72. The third-order valence-electron chi connectivity index (χ3n) is 10.0. The van der Waals surface area contributed by atoms with Crippen LogP contribution in [-0.4, -0.2) is 155 Å². The third kappa shape index (κ3) is 7.04. The molecule has 16 unspecified atom stereocenters. The van der Waals surface area contributed by atoms with E-state index in [1.165, 1.54) is 0 Å². The van der Waals surface area contributed by atoms with Crippen molar-refractivity contribution < 1.29 is 74.8 Å². The van der Waals surface area contributed by atoms with Crippen molar-refractivity contribution in [3.8, 4) is 0 Å². The summed E-state index contributed by atoms with van der Waals surface area (Å²) in [6.45, 7) is -0.698. The zero-order valence-electron chi connectivity index (χ0n) is 23.8. The maximum Gasteiger partial charge on any atom is 0.309 e. The van der Waals surface area contributed by atoms with Crippen LogP contribution in [0.3, 0.4) is 0 Å². The summed E-state index contributed by atoms with van der Waals surface area (Å²) in [5.41, 5.74) is 0. The standard InChI is InChI=1S/C28H46O15/c29-9-21-23(37)24(38)26(43-27(39)11-4-17(34)22(36)18(35)5-11)28(42-21)41-20-8-13-15(32)6-12(30)7-19(13)40-25(20)10-1-2-14(31)16(33)3-10/h10-26,28-38H,1-9H2. The summed E-state index contributed by atoms with van der Waals surface area (Å²) in [5.74, 6) is -2.71. The van der Waals surface area contributed by atoms with Crippen molar-refractivity contribution in [1.82, 2.24) is 0 Å². The summed E-state index contributed by atoms with van der Waals surface area (Å²) in [6, 6.07) is 0. The van der Waals surface area contributed by atoms with E-state index in [9.17, 15) is 55.9 Å². The van der Waals surface area contributed by atoms with Gasteiger partial charge in [0.25, 0.3) is 0 Å². The van der Waals surface area contributed by atoms with E-state index < -0.39 is 116 Å². The second kappa shape index (κ2) is 13.7. The molecule has 15 nitrogen and oxygen atoms in total. The highest BCUT2D eigenvalue weighted by molar-refractivity contribution is 5.73. The van der Waals surface area contributed by atoms with Gasteiger partial charge >= 0.3 is 5.97 Å². The predicted octanol–water partition coefficient (Wildman–Crippen LogP) is -3.97. The number of hydrogen-bond donors (Lipinski definition) is 10. The van der Waals surface area contributed by atoms with E-state index in [-0.39, 0.29) is 44.4 Å². The lowest BCUT2D eigenvalue weighted by molar-refractivity contribution is -0.335. The van der Waals surface area contributed by atoms with Crippen LogP contribution in [0.4, 0.5) is 0 Å². The first-order chi connectivity index (χ1) is 20.4. The van der Waals surface area contributed by atoms with Crippen molar-refractivity contribution in [2.24, 2.45) is 17.8 Å². The van der Waals surface area contributed by atoms with Crippen molar-refractivity contribution in [2.45, 2.75) is 143 Å². The summed E-state index contributed by atoms with van der Waals surface area (Å²) in [4.78, 5) is 13.1. The summed E-state index contributed by atoms with van der Waals surface area (Å²) < 4.78 is 24.1. The molecule has 0 aromatic carbocycles. The van der Waals surface area contributed by atoms with Crippen LogP contribution < -0.4 is 0 Å². The Labute approximate surface area is 248 Å². The van der Waals surface area contributed by atoms with Gasteiger partial charge in [0.2, 0.25) is 0 Å². The molecule has 3 saturated carbocycles. The lowest BCUT2D eigenvalue weighted by Crippen LogP contribution is -2.63. The Kier molecular flexibility index (Phi) is 10.7. The van der Waals surface area contributed by atoms with E-state index in [0.29, 0.717) is 12.8 Å². The van der Waals surface area contributed by atoms with Gasteiger partial charge in [0, 0.05) is 5.92 Å². The van der Waals surface area contributed by atoms with E-state index >= 15 is 0 Å². The van der Waals surface area contributed by atoms with Crippen LogP contribution in [0, 0.1) is 17.8 Å². The molecule has 3 aliphatic carbocycles. The van der Waals surface area contributed by atoms with Gasteiger partial charge in [-0.25, -0.2) is 0 Å². The fourth-order valence-corrected chi connectivity index (χ4v) is 7.51. The molecule has 10 N–H and O–H groups in total. The number of esters is 1. The van der Waals surface area contributed by atoms with Gasteiger partial charge in [-0.3, -0.25) is 4.79 Å². The second-order valence-electron chi connectivity index (χ2n) is 13.0. The van der Waals surface area contributed by atoms with Gasteiger partial charge in [0.05, 0.1) is 67.5 Å². The van der Waals surface area contributed by atoms with Crippen LogP contribution in [-0.2, 0) is 23.7 Å². The number of aliphatic hydroxyl groups is 10. The molecule has 5 fully saturated rings. The molecule has 0 aromatic heterocycles. The van der Waals surface area contributed by atoms with Crippen LogP contribution in [0.25, 0.3) is 0 Å². The van der Waals surface area contributed by atoms with Gasteiger partial charge in [-0.1, -0.05) is 0 Å². The van der Waals surface area contributed by atoms with Crippen LogP contribution >= 0.6 is 0 Å². The topological polar surface area (TPSA) is 256 Å². The Hall–Kier alpha value is -1.05. The molecular formula is C28H46O15. The molecule has 2 heterocycles. The third-order valence-corrected chi connectivity index (χ3v) is 10.0. The highest BCUT2D eigenvalue weighted by atomic mass is 16.7. The summed E-state index contributed by atoms with van der Waals surface area (Å²) in [6.07, 6.45) is -16.5. The van der Waals surface area contributed by atoms with E-state index in [1.54, 1.807) is 0 Å². The Balaban J connectivity index is 1.38. The van der Waals surface area contributed by atoms with Crippen molar-refractivity contribution in [3.05, 3.63) is 0 Å². The second-order valence-corrected chi connectivity index (χ2v) is 13.0. The highest BCUT2D eigenvalue weighted by Crippen LogP contribution is 2.43. The quantitative estimate of drug-likeness (QED) is 0.127. The average Bonchev–Trinajstić information content (AvgIpc) is 2.96. The number of ether oxygens (including phenoxy) is 4. The maximum atomic E-state index is 13.1. The normalized spacial score (nSPS) is 52.7. The van der Waals surface area contributed by atoms with Crippen molar-refractivity contribution >= 4 is 5.97 Å². The number of aliphatic hydroxyl groups excluding tert-OH is 10. The minimum absolute atomic E-state index is 0.141. The van der Waals surface area contributed by atoms with Crippen molar-refractivity contribution in [3.63, 3.8) is 0 Å². The Morgan fingerprint density at radius 2 is 1.40 bits per heavy atom. The molecule has 248 valence electrons.